The van der Waals surface area contributed by atoms with E-state index >= 15 is 0 Å². The van der Waals surface area contributed by atoms with Gasteiger partial charge in [-0.3, -0.25) is 4.90 Å². The van der Waals surface area contributed by atoms with Crippen molar-refractivity contribution in [1.82, 2.24) is 9.88 Å². The van der Waals surface area contributed by atoms with Gasteiger partial charge in [0.1, 0.15) is 5.58 Å². The van der Waals surface area contributed by atoms with Crippen LogP contribution in [0, 0.1) is 0 Å². The Labute approximate surface area is 164 Å². The van der Waals surface area contributed by atoms with E-state index in [0.29, 0.717) is 6.04 Å². The highest BCUT2D eigenvalue weighted by Gasteiger charge is 2.24. The second kappa shape index (κ2) is 7.00. The first-order valence-corrected chi connectivity index (χ1v) is 9.90. The molecule has 0 spiro atoms. The fourth-order valence-corrected chi connectivity index (χ4v) is 4.35. The predicted molar refractivity (Wildman–Crippen MR) is 113 cm³/mol. The summed E-state index contributed by atoms with van der Waals surface area (Å²) in [6, 6.07) is 14.9. The Morgan fingerprint density at radius 3 is 2.75 bits per heavy atom. The van der Waals surface area contributed by atoms with Gasteiger partial charge in [0.15, 0.2) is 0 Å². The smallest absolute Gasteiger partial charge is 0.133 e. The third-order valence-corrected chi connectivity index (χ3v) is 6.07. The Bertz CT molecular complexity index is 1110. The highest BCUT2D eigenvalue weighted by atomic mass is 16.3. The van der Waals surface area contributed by atoms with Crippen LogP contribution in [0.2, 0.25) is 0 Å². The third kappa shape index (κ3) is 2.97. The zero-order valence-electron chi connectivity index (χ0n) is 16.1. The average molecular weight is 375 g/mol. The number of anilines is 1. The number of rotatable bonds is 4. The van der Waals surface area contributed by atoms with Gasteiger partial charge in [-0.2, -0.15) is 0 Å². The number of aromatic nitrogens is 1. The van der Waals surface area contributed by atoms with E-state index in [0.717, 1.165) is 48.2 Å². The van der Waals surface area contributed by atoms with Crippen LogP contribution in [0.4, 0.5) is 5.69 Å². The number of H-pyrrole nitrogens is 1. The molecule has 0 amide bonds. The normalized spacial score (nSPS) is 16.9. The first-order valence-electron chi connectivity index (χ1n) is 9.90. The van der Waals surface area contributed by atoms with Crippen molar-refractivity contribution >= 4 is 27.6 Å². The first-order chi connectivity index (χ1) is 13.7. The van der Waals surface area contributed by atoms with Crippen LogP contribution in [-0.2, 0) is 6.61 Å². The van der Waals surface area contributed by atoms with E-state index in [9.17, 15) is 5.11 Å². The van der Waals surface area contributed by atoms with Crippen molar-refractivity contribution in [2.75, 3.05) is 31.1 Å². The van der Waals surface area contributed by atoms with Crippen LogP contribution in [0.15, 0.2) is 59.3 Å². The molecule has 0 aliphatic carbocycles. The first kappa shape index (κ1) is 17.3. The summed E-state index contributed by atoms with van der Waals surface area (Å²) in [4.78, 5) is 8.38. The summed E-state index contributed by atoms with van der Waals surface area (Å²) < 4.78 is 5.46. The molecule has 5 heteroatoms. The number of piperazine rings is 1. The lowest BCUT2D eigenvalue weighted by molar-refractivity contribution is 0.199. The van der Waals surface area contributed by atoms with Gasteiger partial charge in [-0.15, -0.1) is 0 Å². The minimum absolute atomic E-state index is 0.0780. The summed E-state index contributed by atoms with van der Waals surface area (Å²) >= 11 is 0. The van der Waals surface area contributed by atoms with E-state index in [2.05, 4.69) is 58.2 Å². The molecule has 1 saturated heterocycles. The molecule has 4 aromatic rings. The molecule has 5 nitrogen and oxygen atoms in total. The van der Waals surface area contributed by atoms with Crippen molar-refractivity contribution in [3.63, 3.8) is 0 Å². The Hall–Kier alpha value is -2.76. The van der Waals surface area contributed by atoms with Gasteiger partial charge in [0.05, 0.1) is 12.9 Å². The van der Waals surface area contributed by atoms with E-state index in [1.165, 1.54) is 16.6 Å². The zero-order valence-corrected chi connectivity index (χ0v) is 16.1. The van der Waals surface area contributed by atoms with E-state index in [1.54, 1.807) is 6.26 Å². The van der Waals surface area contributed by atoms with Crippen LogP contribution in [0.3, 0.4) is 0 Å². The number of aromatic amines is 1. The Balaban J connectivity index is 1.32. The number of hydrogen-bond donors (Lipinski definition) is 2. The second-order valence-corrected chi connectivity index (χ2v) is 7.62. The maximum absolute atomic E-state index is 9.47. The van der Waals surface area contributed by atoms with Gasteiger partial charge >= 0.3 is 0 Å². The molecule has 0 bridgehead atoms. The highest BCUT2D eigenvalue weighted by Crippen LogP contribution is 2.31. The van der Waals surface area contributed by atoms with Gasteiger partial charge < -0.3 is 19.4 Å². The van der Waals surface area contributed by atoms with Crippen LogP contribution in [0.1, 0.15) is 24.1 Å². The molecule has 0 radical (unpaired) electrons. The second-order valence-electron chi connectivity index (χ2n) is 7.62. The Morgan fingerprint density at radius 2 is 1.93 bits per heavy atom. The largest absolute Gasteiger partial charge is 0.464 e. The molecule has 28 heavy (non-hydrogen) atoms. The third-order valence-electron chi connectivity index (χ3n) is 6.07. The number of benzene rings is 2. The minimum Gasteiger partial charge on any atom is -0.464 e. The summed E-state index contributed by atoms with van der Waals surface area (Å²) in [6.07, 6.45) is 3.87. The SMILES string of the molecule is CC(c1c[nH]c2ccc(CO)cc12)N1CCN(c2ccc3occc3c2)CC1. The monoisotopic (exact) mass is 375 g/mol. The van der Waals surface area contributed by atoms with Crippen LogP contribution < -0.4 is 4.90 Å². The number of nitrogens with zero attached hydrogens (tertiary/aromatic N) is 2. The van der Waals surface area contributed by atoms with Gasteiger partial charge in [-0.1, -0.05) is 6.07 Å². The molecule has 1 aliphatic heterocycles. The standard InChI is InChI=1S/C23H25N3O2/c1-16(21-14-24-22-4-2-17(15-27)12-20(21)22)25-7-9-26(10-8-25)19-3-5-23-18(13-19)6-11-28-23/h2-6,11-14,16,24,27H,7-10,15H2,1H3. The average Bonchev–Trinajstić information content (AvgIpc) is 3.39. The van der Waals surface area contributed by atoms with Gasteiger partial charge in [0, 0.05) is 60.4 Å². The van der Waals surface area contributed by atoms with Gasteiger partial charge in [0.2, 0.25) is 0 Å². The van der Waals surface area contributed by atoms with Gasteiger partial charge in [0.25, 0.3) is 0 Å². The van der Waals surface area contributed by atoms with Crippen molar-refractivity contribution < 1.29 is 9.52 Å². The number of aliphatic hydroxyl groups excluding tert-OH is 1. The molecular formula is C23H25N3O2. The molecule has 1 atom stereocenters. The van der Waals surface area contributed by atoms with E-state index in [-0.39, 0.29) is 6.61 Å². The number of aliphatic hydroxyl groups is 1. The number of nitrogens with one attached hydrogen (secondary N) is 1. The lowest BCUT2D eigenvalue weighted by atomic mass is 10.0. The number of hydrogen-bond acceptors (Lipinski definition) is 4. The summed E-state index contributed by atoms with van der Waals surface area (Å²) in [5.41, 5.74) is 5.60. The zero-order chi connectivity index (χ0) is 19.1. The van der Waals surface area contributed by atoms with Crippen molar-refractivity contribution in [1.29, 1.82) is 0 Å². The molecule has 144 valence electrons. The van der Waals surface area contributed by atoms with Crippen LogP contribution in [0.25, 0.3) is 21.9 Å². The molecule has 1 unspecified atom stereocenters. The van der Waals surface area contributed by atoms with E-state index in [4.69, 9.17) is 4.42 Å². The van der Waals surface area contributed by atoms with Crippen LogP contribution in [0.5, 0.6) is 0 Å². The topological polar surface area (TPSA) is 55.6 Å². The quantitative estimate of drug-likeness (QED) is 0.559. The maximum Gasteiger partial charge on any atom is 0.133 e. The van der Waals surface area contributed by atoms with Crippen molar-refractivity contribution in [3.8, 4) is 0 Å². The van der Waals surface area contributed by atoms with E-state index in [1.807, 2.05) is 12.1 Å². The Kier molecular flexibility index (Phi) is 4.34. The molecule has 3 heterocycles. The van der Waals surface area contributed by atoms with E-state index < -0.39 is 0 Å². The van der Waals surface area contributed by atoms with Crippen molar-refractivity contribution in [2.45, 2.75) is 19.6 Å². The van der Waals surface area contributed by atoms with Crippen LogP contribution in [-0.4, -0.2) is 41.2 Å². The lowest BCUT2D eigenvalue weighted by Gasteiger charge is -2.39. The van der Waals surface area contributed by atoms with Crippen LogP contribution >= 0.6 is 0 Å². The van der Waals surface area contributed by atoms with Gasteiger partial charge in [-0.05, 0) is 54.4 Å². The summed E-state index contributed by atoms with van der Waals surface area (Å²) in [5, 5.41) is 11.8. The molecule has 1 aliphatic rings. The molecule has 1 fully saturated rings. The summed E-state index contributed by atoms with van der Waals surface area (Å²) in [6.45, 7) is 6.43. The fraction of sp³-hybridized carbons (Fsp3) is 0.304. The lowest BCUT2D eigenvalue weighted by Crippen LogP contribution is -2.47. The van der Waals surface area contributed by atoms with Crippen molar-refractivity contribution in [2.24, 2.45) is 0 Å². The molecular weight excluding hydrogens is 350 g/mol. The molecule has 2 aromatic carbocycles. The van der Waals surface area contributed by atoms with Crippen molar-refractivity contribution in [3.05, 3.63) is 66.1 Å². The number of furan rings is 1. The summed E-state index contributed by atoms with van der Waals surface area (Å²) in [7, 11) is 0. The number of fused-ring (bicyclic) bond motifs is 2. The molecule has 2 aromatic heterocycles. The maximum atomic E-state index is 9.47. The highest BCUT2D eigenvalue weighted by molar-refractivity contribution is 5.84. The minimum atomic E-state index is 0.0780. The molecule has 5 rings (SSSR count). The Morgan fingerprint density at radius 1 is 1.07 bits per heavy atom. The summed E-state index contributed by atoms with van der Waals surface area (Å²) in [5.74, 6) is 0. The molecule has 0 saturated carbocycles. The fourth-order valence-electron chi connectivity index (χ4n) is 4.35. The predicted octanol–water partition coefficient (Wildman–Crippen LogP) is 4.29. The van der Waals surface area contributed by atoms with Gasteiger partial charge in [-0.25, -0.2) is 0 Å². The molecule has 2 N–H and O–H groups in total.